The van der Waals surface area contributed by atoms with Gasteiger partial charge < -0.3 is 0 Å². The van der Waals surface area contributed by atoms with Gasteiger partial charge in [0.2, 0.25) is 5.63 Å². The SMILES string of the molecule is Fc1cccc(C(F)Cl)c1F. The van der Waals surface area contributed by atoms with Crippen molar-refractivity contribution in [2.45, 2.75) is 5.63 Å². The maximum absolute atomic E-state index is 12.6. The Morgan fingerprint density at radius 2 is 1.91 bits per heavy atom. The molecule has 11 heavy (non-hydrogen) atoms. The normalized spacial score (nSPS) is 13.1. The van der Waals surface area contributed by atoms with Gasteiger partial charge in [-0.25, -0.2) is 13.2 Å². The molecule has 0 saturated carbocycles. The lowest BCUT2D eigenvalue weighted by molar-refractivity contribution is 0.424. The standard InChI is InChI=1S/C7H4ClF3/c8-7(11)4-2-1-3-5(9)6(4)10/h1-3,7H. The van der Waals surface area contributed by atoms with Gasteiger partial charge in [-0.05, 0) is 6.07 Å². The average molecular weight is 181 g/mol. The van der Waals surface area contributed by atoms with E-state index in [0.29, 0.717) is 0 Å². The van der Waals surface area contributed by atoms with Gasteiger partial charge in [-0.2, -0.15) is 0 Å². The van der Waals surface area contributed by atoms with E-state index in [1.165, 1.54) is 6.07 Å². The van der Waals surface area contributed by atoms with Gasteiger partial charge in [-0.3, -0.25) is 0 Å². The van der Waals surface area contributed by atoms with Gasteiger partial charge in [-0.1, -0.05) is 23.7 Å². The Labute approximate surface area is 66.6 Å². The van der Waals surface area contributed by atoms with Crippen LogP contribution in [0.2, 0.25) is 0 Å². The predicted molar refractivity (Wildman–Crippen MR) is 36.1 cm³/mol. The maximum Gasteiger partial charge on any atom is 0.201 e. The summed E-state index contributed by atoms with van der Waals surface area (Å²) in [6.07, 6.45) is 0. The molecular formula is C7H4ClF3. The molecule has 1 aromatic rings. The zero-order valence-electron chi connectivity index (χ0n) is 5.32. The second kappa shape index (κ2) is 3.13. The molecule has 1 unspecified atom stereocenters. The quantitative estimate of drug-likeness (QED) is 0.583. The first-order valence-corrected chi connectivity index (χ1v) is 3.28. The van der Waals surface area contributed by atoms with Crippen molar-refractivity contribution in [3.05, 3.63) is 35.4 Å². The van der Waals surface area contributed by atoms with Gasteiger partial charge >= 0.3 is 0 Å². The minimum atomic E-state index is -1.99. The summed E-state index contributed by atoms with van der Waals surface area (Å²) in [4.78, 5) is 0. The van der Waals surface area contributed by atoms with E-state index in [1.54, 1.807) is 0 Å². The fraction of sp³-hybridized carbons (Fsp3) is 0.143. The lowest BCUT2D eigenvalue weighted by Crippen LogP contribution is -1.92. The lowest BCUT2D eigenvalue weighted by Gasteiger charge is -2.01. The van der Waals surface area contributed by atoms with E-state index in [9.17, 15) is 13.2 Å². The van der Waals surface area contributed by atoms with Gasteiger partial charge in [0.15, 0.2) is 11.6 Å². The van der Waals surface area contributed by atoms with Crippen molar-refractivity contribution in [2.24, 2.45) is 0 Å². The minimum absolute atomic E-state index is 0.466. The van der Waals surface area contributed by atoms with Crippen LogP contribution in [0.3, 0.4) is 0 Å². The number of hydrogen-bond acceptors (Lipinski definition) is 0. The lowest BCUT2D eigenvalue weighted by atomic mass is 10.2. The Kier molecular flexibility index (Phi) is 2.39. The van der Waals surface area contributed by atoms with Crippen LogP contribution in [0.15, 0.2) is 18.2 Å². The second-order valence-electron chi connectivity index (χ2n) is 1.94. The third kappa shape index (κ3) is 1.66. The Hall–Kier alpha value is -0.700. The van der Waals surface area contributed by atoms with E-state index in [-0.39, 0.29) is 0 Å². The molecule has 0 bridgehead atoms. The highest BCUT2D eigenvalue weighted by Crippen LogP contribution is 2.25. The number of alkyl halides is 2. The molecule has 0 spiro atoms. The Balaban J connectivity index is 3.17. The van der Waals surface area contributed by atoms with E-state index in [1.807, 2.05) is 0 Å². The number of halogens is 4. The Bertz CT molecular complexity index is 260. The number of benzene rings is 1. The van der Waals surface area contributed by atoms with Gasteiger partial charge in [0.1, 0.15) is 0 Å². The zero-order valence-corrected chi connectivity index (χ0v) is 6.08. The van der Waals surface area contributed by atoms with Crippen molar-refractivity contribution in [2.75, 3.05) is 0 Å². The smallest absolute Gasteiger partial charge is 0.201 e. The summed E-state index contributed by atoms with van der Waals surface area (Å²) < 4.78 is 37.1. The van der Waals surface area contributed by atoms with E-state index in [0.717, 1.165) is 12.1 Å². The molecule has 0 aromatic heterocycles. The molecule has 0 heterocycles. The molecule has 0 nitrogen and oxygen atoms in total. The summed E-state index contributed by atoms with van der Waals surface area (Å²) >= 11 is 4.91. The summed E-state index contributed by atoms with van der Waals surface area (Å²) in [5.41, 5.74) is -2.46. The molecule has 0 fully saturated rings. The first-order chi connectivity index (χ1) is 5.13. The van der Waals surface area contributed by atoms with Crippen molar-refractivity contribution in [3.63, 3.8) is 0 Å². The van der Waals surface area contributed by atoms with Crippen molar-refractivity contribution in [1.29, 1.82) is 0 Å². The van der Waals surface area contributed by atoms with E-state index in [2.05, 4.69) is 0 Å². The maximum atomic E-state index is 12.6. The molecule has 0 aliphatic rings. The van der Waals surface area contributed by atoms with E-state index < -0.39 is 22.8 Å². The van der Waals surface area contributed by atoms with Crippen LogP contribution in [0.5, 0.6) is 0 Å². The largest absolute Gasteiger partial charge is 0.225 e. The zero-order chi connectivity index (χ0) is 8.43. The van der Waals surface area contributed by atoms with Gasteiger partial charge in [0.25, 0.3) is 0 Å². The highest BCUT2D eigenvalue weighted by atomic mass is 35.5. The fourth-order valence-corrected chi connectivity index (χ4v) is 0.858. The highest BCUT2D eigenvalue weighted by molar-refractivity contribution is 6.19. The van der Waals surface area contributed by atoms with E-state index in [4.69, 9.17) is 11.6 Å². The molecule has 0 radical (unpaired) electrons. The van der Waals surface area contributed by atoms with Gasteiger partial charge in [0.05, 0.1) is 0 Å². The third-order valence-electron chi connectivity index (χ3n) is 1.22. The van der Waals surface area contributed by atoms with Crippen LogP contribution < -0.4 is 0 Å². The molecule has 1 aromatic carbocycles. The molecule has 0 amide bonds. The summed E-state index contributed by atoms with van der Waals surface area (Å²) in [7, 11) is 0. The van der Waals surface area contributed by atoms with Crippen molar-refractivity contribution in [1.82, 2.24) is 0 Å². The molecule has 0 saturated heterocycles. The monoisotopic (exact) mass is 180 g/mol. The molecule has 60 valence electrons. The average Bonchev–Trinajstić information content (AvgIpc) is 1.94. The molecule has 4 heteroatoms. The summed E-state index contributed by atoms with van der Waals surface area (Å²) in [6, 6.07) is 3.19. The second-order valence-corrected chi connectivity index (χ2v) is 2.33. The minimum Gasteiger partial charge on any atom is -0.225 e. The van der Waals surface area contributed by atoms with Crippen molar-refractivity contribution in [3.8, 4) is 0 Å². The highest BCUT2D eigenvalue weighted by Gasteiger charge is 2.13. The predicted octanol–water partition coefficient (Wildman–Crippen LogP) is 3.17. The first-order valence-electron chi connectivity index (χ1n) is 2.85. The van der Waals surface area contributed by atoms with Crippen LogP contribution in [0.1, 0.15) is 11.2 Å². The Morgan fingerprint density at radius 1 is 1.27 bits per heavy atom. The van der Waals surface area contributed by atoms with Crippen LogP contribution >= 0.6 is 11.6 Å². The summed E-state index contributed by atoms with van der Waals surface area (Å²) in [5.74, 6) is -2.32. The van der Waals surface area contributed by atoms with E-state index >= 15 is 0 Å². The molecule has 0 aliphatic carbocycles. The van der Waals surface area contributed by atoms with Gasteiger partial charge in [0, 0.05) is 5.56 Å². The van der Waals surface area contributed by atoms with Gasteiger partial charge in [-0.15, -0.1) is 0 Å². The van der Waals surface area contributed by atoms with Crippen molar-refractivity contribution >= 4 is 11.6 Å². The first kappa shape index (κ1) is 8.40. The molecule has 1 atom stereocenters. The molecule has 0 N–H and O–H groups in total. The molecule has 0 aliphatic heterocycles. The van der Waals surface area contributed by atoms with Crippen LogP contribution in [-0.4, -0.2) is 0 Å². The third-order valence-corrected chi connectivity index (χ3v) is 1.45. The summed E-state index contributed by atoms with van der Waals surface area (Å²) in [5, 5.41) is 0. The van der Waals surface area contributed by atoms with Crippen LogP contribution in [0, 0.1) is 11.6 Å². The van der Waals surface area contributed by atoms with Crippen LogP contribution in [0.4, 0.5) is 13.2 Å². The number of hydrogen-bond donors (Lipinski definition) is 0. The van der Waals surface area contributed by atoms with Crippen LogP contribution in [0.25, 0.3) is 0 Å². The topological polar surface area (TPSA) is 0 Å². The van der Waals surface area contributed by atoms with Crippen molar-refractivity contribution < 1.29 is 13.2 Å². The molecule has 1 rings (SSSR count). The molecular weight excluding hydrogens is 177 g/mol. The Morgan fingerprint density at radius 3 is 2.36 bits per heavy atom. The van der Waals surface area contributed by atoms with Crippen LogP contribution in [-0.2, 0) is 0 Å². The summed E-state index contributed by atoms with van der Waals surface area (Å²) in [6.45, 7) is 0. The fourth-order valence-electron chi connectivity index (χ4n) is 0.689. The number of rotatable bonds is 1.